The number of thioether (sulfide) groups is 1. The topological polar surface area (TPSA) is 160 Å². The number of oxime groups is 1. The first-order valence-corrected chi connectivity index (χ1v) is 10.5. The van der Waals surface area contributed by atoms with Crippen LogP contribution in [-0.4, -0.2) is 60.0 Å². The van der Waals surface area contributed by atoms with Crippen molar-refractivity contribution in [2.45, 2.75) is 30.7 Å². The number of anilines is 1. The molecule has 2 atom stereocenters. The van der Waals surface area contributed by atoms with Crippen LogP contribution in [0.3, 0.4) is 0 Å². The number of nitrogens with zero attached hydrogens (tertiary/aromatic N) is 4. The molecule has 3 heterocycles. The molecule has 1 fully saturated rings. The summed E-state index contributed by atoms with van der Waals surface area (Å²) in [7, 11) is 0. The quantitative estimate of drug-likeness (QED) is 0.323. The second-order valence-electron chi connectivity index (χ2n) is 6.41. The summed E-state index contributed by atoms with van der Waals surface area (Å²) in [6.07, 6.45) is 5.75. The van der Waals surface area contributed by atoms with Crippen molar-refractivity contribution in [2.75, 3.05) is 11.5 Å². The largest absolute Gasteiger partial charge is 0.478 e. The number of β-lactam (4-membered cyclic amide) rings is 1. The standard InChI is InChI=1S/C16H16N6O5S2/c17-16-19-11(21-29-16)9(20-27-8-3-1-2-4-8)12(23)18-10-13(24)22-5-7(15(25)26)6-28-14(10)22/h3,5,10,14H,1-2,4,6H2,(H,18,23)(H,25,26)(H2,17,19,21)/t10?,14-/m1/s1. The number of carboxylic acid groups (broad SMARTS) is 1. The normalized spacial score (nSPS) is 23.7. The summed E-state index contributed by atoms with van der Waals surface area (Å²) in [4.78, 5) is 46.9. The number of hydrogen-bond acceptors (Lipinski definition) is 10. The number of nitrogens with one attached hydrogen (secondary N) is 1. The van der Waals surface area contributed by atoms with Gasteiger partial charge in [0.25, 0.3) is 11.8 Å². The number of carboxylic acids is 1. The lowest BCUT2D eigenvalue weighted by Crippen LogP contribution is -2.69. The highest BCUT2D eigenvalue weighted by molar-refractivity contribution is 8.00. The molecule has 152 valence electrons. The fourth-order valence-electron chi connectivity index (χ4n) is 2.98. The van der Waals surface area contributed by atoms with E-state index in [1.165, 1.54) is 22.9 Å². The van der Waals surface area contributed by atoms with Gasteiger partial charge in [0.1, 0.15) is 17.2 Å². The first-order valence-electron chi connectivity index (χ1n) is 8.66. The van der Waals surface area contributed by atoms with Crippen LogP contribution in [0.5, 0.6) is 0 Å². The fraction of sp³-hybridized carbons (Fsp3) is 0.375. The maximum absolute atomic E-state index is 12.8. The second-order valence-corrected chi connectivity index (χ2v) is 8.30. The maximum Gasteiger partial charge on any atom is 0.333 e. The lowest BCUT2D eigenvalue weighted by atomic mass is 10.1. The number of fused-ring (bicyclic) bond motifs is 1. The van der Waals surface area contributed by atoms with Gasteiger partial charge in [-0.1, -0.05) is 5.16 Å². The average Bonchev–Trinajstić information content (AvgIpc) is 3.37. The summed E-state index contributed by atoms with van der Waals surface area (Å²) in [6.45, 7) is 0. The van der Waals surface area contributed by atoms with Gasteiger partial charge in [-0.3, -0.25) is 9.59 Å². The number of aromatic nitrogens is 2. The van der Waals surface area contributed by atoms with Crippen molar-refractivity contribution in [3.63, 3.8) is 0 Å². The highest BCUT2D eigenvalue weighted by Gasteiger charge is 2.50. The minimum Gasteiger partial charge on any atom is -0.478 e. The van der Waals surface area contributed by atoms with Crippen molar-refractivity contribution in [3.8, 4) is 0 Å². The molecule has 1 aromatic rings. The van der Waals surface area contributed by atoms with Crippen LogP contribution in [0.2, 0.25) is 0 Å². The van der Waals surface area contributed by atoms with E-state index in [-0.39, 0.29) is 33.4 Å². The molecule has 0 radical (unpaired) electrons. The van der Waals surface area contributed by atoms with Crippen LogP contribution in [0.4, 0.5) is 5.13 Å². The molecule has 1 aromatic heterocycles. The number of amides is 2. The van der Waals surface area contributed by atoms with E-state index in [4.69, 9.17) is 15.7 Å². The Bertz CT molecular complexity index is 971. The third-order valence-electron chi connectivity index (χ3n) is 4.47. The summed E-state index contributed by atoms with van der Waals surface area (Å²) < 4.78 is 4.00. The maximum atomic E-state index is 12.8. The van der Waals surface area contributed by atoms with Gasteiger partial charge in [-0.2, -0.15) is 9.36 Å². The van der Waals surface area contributed by atoms with Crippen LogP contribution >= 0.6 is 23.3 Å². The van der Waals surface area contributed by atoms with Gasteiger partial charge >= 0.3 is 5.97 Å². The van der Waals surface area contributed by atoms with Gasteiger partial charge in [0.05, 0.1) is 5.57 Å². The highest BCUT2D eigenvalue weighted by atomic mass is 32.2. The molecule has 4 rings (SSSR count). The first kappa shape index (κ1) is 19.4. The average molecular weight is 436 g/mol. The zero-order chi connectivity index (χ0) is 20.5. The monoisotopic (exact) mass is 436 g/mol. The third-order valence-corrected chi connectivity index (χ3v) is 6.33. The van der Waals surface area contributed by atoms with E-state index >= 15 is 0 Å². The van der Waals surface area contributed by atoms with E-state index in [9.17, 15) is 14.4 Å². The van der Waals surface area contributed by atoms with Crippen molar-refractivity contribution < 1.29 is 24.3 Å². The fourth-order valence-corrected chi connectivity index (χ4v) is 4.67. The number of nitrogen functional groups attached to an aromatic ring is 1. The Morgan fingerprint density at radius 3 is 2.93 bits per heavy atom. The molecule has 0 aromatic carbocycles. The van der Waals surface area contributed by atoms with Gasteiger partial charge in [0, 0.05) is 29.9 Å². The molecule has 0 saturated carbocycles. The third kappa shape index (κ3) is 3.82. The Balaban J connectivity index is 1.49. The van der Waals surface area contributed by atoms with E-state index in [0.717, 1.165) is 30.8 Å². The number of rotatable bonds is 6. The van der Waals surface area contributed by atoms with Crippen LogP contribution in [0.1, 0.15) is 25.1 Å². The van der Waals surface area contributed by atoms with Crippen molar-refractivity contribution in [2.24, 2.45) is 5.16 Å². The van der Waals surface area contributed by atoms with Gasteiger partial charge in [0.15, 0.2) is 5.13 Å². The molecule has 0 spiro atoms. The molecule has 1 aliphatic carbocycles. The van der Waals surface area contributed by atoms with E-state index < -0.39 is 23.8 Å². The van der Waals surface area contributed by atoms with Crippen LogP contribution in [0, 0.1) is 0 Å². The molecular formula is C16H16N6O5S2. The molecule has 2 aliphatic heterocycles. The molecule has 3 aliphatic rings. The molecule has 0 bridgehead atoms. The van der Waals surface area contributed by atoms with Gasteiger partial charge in [-0.05, 0) is 18.9 Å². The first-order chi connectivity index (χ1) is 13.9. The van der Waals surface area contributed by atoms with Crippen LogP contribution in [-0.2, 0) is 19.2 Å². The zero-order valence-corrected chi connectivity index (χ0v) is 16.5. The van der Waals surface area contributed by atoms with Crippen molar-refractivity contribution in [1.82, 2.24) is 19.6 Å². The molecule has 4 N–H and O–H groups in total. The predicted octanol–water partition coefficient (Wildman–Crippen LogP) is 0.277. The highest BCUT2D eigenvalue weighted by Crippen LogP contribution is 2.36. The van der Waals surface area contributed by atoms with E-state index in [1.807, 2.05) is 6.08 Å². The number of allylic oxidation sites excluding steroid dienone is 2. The Morgan fingerprint density at radius 2 is 2.28 bits per heavy atom. The number of nitrogens with two attached hydrogens (primary N) is 1. The number of carbonyl (C=O) groups excluding carboxylic acids is 2. The summed E-state index contributed by atoms with van der Waals surface area (Å²) >= 11 is 2.17. The van der Waals surface area contributed by atoms with Crippen LogP contribution < -0.4 is 11.1 Å². The molecule has 11 nitrogen and oxygen atoms in total. The van der Waals surface area contributed by atoms with E-state index in [2.05, 4.69) is 19.8 Å². The minimum atomic E-state index is -1.07. The van der Waals surface area contributed by atoms with Gasteiger partial charge in [-0.15, -0.1) is 11.8 Å². The van der Waals surface area contributed by atoms with E-state index in [1.54, 1.807) is 0 Å². The molecule has 1 saturated heterocycles. The molecular weight excluding hydrogens is 420 g/mol. The number of hydrogen-bond donors (Lipinski definition) is 3. The van der Waals surface area contributed by atoms with Gasteiger partial charge < -0.3 is 25.9 Å². The Hall–Kier alpha value is -2.93. The number of aliphatic carboxylic acids is 1. The Morgan fingerprint density at radius 1 is 1.45 bits per heavy atom. The smallest absolute Gasteiger partial charge is 0.333 e. The minimum absolute atomic E-state index is 0.0107. The second kappa shape index (κ2) is 7.83. The molecule has 29 heavy (non-hydrogen) atoms. The molecule has 13 heteroatoms. The van der Waals surface area contributed by atoms with Crippen LogP contribution in [0.15, 0.2) is 28.8 Å². The SMILES string of the molecule is Nc1nc(C(=NOC2=CCCC2)C(=O)NC2C(=O)N3C=C(C(=O)O)CS[C@H]23)ns1. The van der Waals surface area contributed by atoms with Crippen molar-refractivity contribution in [3.05, 3.63) is 29.4 Å². The summed E-state index contributed by atoms with van der Waals surface area (Å²) in [5, 5.41) is 15.4. The lowest BCUT2D eigenvalue weighted by Gasteiger charge is -2.46. The predicted molar refractivity (Wildman–Crippen MR) is 105 cm³/mol. The zero-order valence-electron chi connectivity index (χ0n) is 14.9. The van der Waals surface area contributed by atoms with E-state index in [0.29, 0.717) is 5.76 Å². The number of carbonyl (C=O) groups is 3. The van der Waals surface area contributed by atoms with Crippen molar-refractivity contribution in [1.29, 1.82) is 0 Å². The Labute approximate surface area is 172 Å². The van der Waals surface area contributed by atoms with Crippen molar-refractivity contribution >= 4 is 51.9 Å². The Kier molecular flexibility index (Phi) is 5.24. The molecule has 2 amide bonds. The van der Waals surface area contributed by atoms with Gasteiger partial charge in [0.2, 0.25) is 11.5 Å². The summed E-state index contributed by atoms with van der Waals surface area (Å²) in [5.41, 5.74) is 5.56. The molecule has 1 unspecified atom stereocenters. The lowest BCUT2D eigenvalue weighted by molar-refractivity contribution is -0.144. The van der Waals surface area contributed by atoms with Crippen LogP contribution in [0.25, 0.3) is 0 Å². The van der Waals surface area contributed by atoms with Gasteiger partial charge in [-0.25, -0.2) is 4.79 Å². The summed E-state index contributed by atoms with van der Waals surface area (Å²) in [6, 6.07) is -0.814. The summed E-state index contributed by atoms with van der Waals surface area (Å²) in [5.74, 6) is -1.25.